The first-order valence-corrected chi connectivity index (χ1v) is 9.37. The second-order valence-electron chi connectivity index (χ2n) is 5.40. The van der Waals surface area contributed by atoms with Gasteiger partial charge >= 0.3 is 6.36 Å². The van der Waals surface area contributed by atoms with Gasteiger partial charge in [0.25, 0.3) is 5.91 Å². The van der Waals surface area contributed by atoms with E-state index in [1.807, 2.05) is 0 Å². The van der Waals surface area contributed by atoms with Crippen LogP contribution in [0, 0.1) is 0 Å². The van der Waals surface area contributed by atoms with Crippen LogP contribution in [0.1, 0.15) is 10.4 Å². The molecule has 2 rings (SSSR count). The third-order valence-electron chi connectivity index (χ3n) is 3.42. The van der Waals surface area contributed by atoms with Crippen LogP contribution in [0.4, 0.5) is 13.2 Å². The molecule has 0 aliphatic carbocycles. The molecule has 0 aliphatic rings. The summed E-state index contributed by atoms with van der Waals surface area (Å²) in [5, 5.41) is 2.46. The molecule has 0 saturated carbocycles. The first kappa shape index (κ1) is 21.5. The lowest BCUT2D eigenvalue weighted by Crippen LogP contribution is -2.34. The molecule has 1 amide bonds. The van der Waals surface area contributed by atoms with Crippen LogP contribution in [0.5, 0.6) is 11.5 Å². The Kier molecular flexibility index (Phi) is 6.86. The summed E-state index contributed by atoms with van der Waals surface area (Å²) in [6.45, 7) is -0.0929. The van der Waals surface area contributed by atoms with Crippen molar-refractivity contribution >= 4 is 15.9 Å². The van der Waals surface area contributed by atoms with Crippen molar-refractivity contribution in [2.45, 2.75) is 11.3 Å². The van der Waals surface area contributed by atoms with Gasteiger partial charge in [0.15, 0.2) is 0 Å². The number of hydrogen-bond acceptors (Lipinski definition) is 5. The lowest BCUT2D eigenvalue weighted by Gasteiger charge is -2.10. The topological polar surface area (TPSA) is 93.7 Å². The quantitative estimate of drug-likeness (QED) is 0.642. The third-order valence-corrected chi connectivity index (χ3v) is 4.90. The second-order valence-corrected chi connectivity index (χ2v) is 7.17. The van der Waals surface area contributed by atoms with Gasteiger partial charge in [0.1, 0.15) is 11.5 Å². The van der Waals surface area contributed by atoms with Crippen molar-refractivity contribution < 1.29 is 35.9 Å². The van der Waals surface area contributed by atoms with E-state index in [2.05, 4.69) is 14.8 Å². The van der Waals surface area contributed by atoms with Gasteiger partial charge in [-0.1, -0.05) is 0 Å². The first-order valence-electron chi connectivity index (χ1n) is 7.88. The first-order chi connectivity index (χ1) is 13.1. The number of hydrogen-bond donors (Lipinski definition) is 2. The number of alkyl halides is 3. The monoisotopic (exact) mass is 418 g/mol. The molecule has 0 saturated heterocycles. The summed E-state index contributed by atoms with van der Waals surface area (Å²) in [5.74, 6) is -0.503. The highest BCUT2D eigenvalue weighted by molar-refractivity contribution is 7.89. The third kappa shape index (κ3) is 6.43. The summed E-state index contributed by atoms with van der Waals surface area (Å²) in [6.07, 6.45) is -4.81. The second kappa shape index (κ2) is 8.93. The smallest absolute Gasteiger partial charge is 0.497 e. The van der Waals surface area contributed by atoms with Gasteiger partial charge in [-0.15, -0.1) is 13.2 Å². The Morgan fingerprint density at radius 2 is 1.54 bits per heavy atom. The minimum atomic E-state index is -4.81. The van der Waals surface area contributed by atoms with Gasteiger partial charge in [0.05, 0.1) is 12.0 Å². The zero-order valence-corrected chi connectivity index (χ0v) is 15.4. The fourth-order valence-electron chi connectivity index (χ4n) is 2.11. The van der Waals surface area contributed by atoms with Crippen molar-refractivity contribution in [3.05, 3.63) is 54.1 Å². The van der Waals surface area contributed by atoms with Gasteiger partial charge in [-0.2, -0.15) is 0 Å². The van der Waals surface area contributed by atoms with Crippen molar-refractivity contribution in [2.75, 3.05) is 20.2 Å². The van der Waals surface area contributed by atoms with Gasteiger partial charge in [0.2, 0.25) is 10.0 Å². The van der Waals surface area contributed by atoms with Crippen LogP contribution < -0.4 is 19.5 Å². The highest BCUT2D eigenvalue weighted by Crippen LogP contribution is 2.22. The summed E-state index contributed by atoms with van der Waals surface area (Å²) < 4.78 is 71.5. The lowest BCUT2D eigenvalue weighted by atomic mass is 10.2. The number of carbonyl (C=O) groups is 1. The maximum Gasteiger partial charge on any atom is 0.573 e. The molecule has 0 unspecified atom stereocenters. The minimum absolute atomic E-state index is 0.0188. The molecule has 0 atom stereocenters. The summed E-state index contributed by atoms with van der Waals surface area (Å²) in [6, 6.07) is 10.1. The molecule has 2 N–H and O–H groups in total. The predicted molar refractivity (Wildman–Crippen MR) is 93.6 cm³/mol. The Morgan fingerprint density at radius 1 is 0.964 bits per heavy atom. The van der Waals surface area contributed by atoms with Crippen LogP contribution in [-0.4, -0.2) is 40.9 Å². The maximum atomic E-state index is 12.1. The number of methoxy groups -OCH3 is 1. The summed E-state index contributed by atoms with van der Waals surface area (Å²) in [4.78, 5) is 12.0. The number of sulfonamides is 1. The standard InChI is InChI=1S/C17H17F3N2O5S/c1-26-13-6-8-15(9-7-13)28(24,25)22-11-10-21-16(23)12-2-4-14(5-3-12)27-17(18,19)20/h2-9,22H,10-11H2,1H3,(H,21,23). The van der Waals surface area contributed by atoms with E-state index in [0.29, 0.717) is 5.75 Å². The van der Waals surface area contributed by atoms with Gasteiger partial charge < -0.3 is 14.8 Å². The van der Waals surface area contributed by atoms with Crippen molar-refractivity contribution in [1.82, 2.24) is 10.0 Å². The van der Waals surface area contributed by atoms with Crippen LogP contribution in [-0.2, 0) is 10.0 Å². The normalized spacial score (nSPS) is 11.7. The predicted octanol–water partition coefficient (Wildman–Crippen LogP) is 2.30. The van der Waals surface area contributed by atoms with Crippen LogP contribution in [0.3, 0.4) is 0 Å². The average molecular weight is 418 g/mol. The molecule has 2 aromatic carbocycles. The molecule has 11 heteroatoms. The molecular weight excluding hydrogens is 401 g/mol. The fourth-order valence-corrected chi connectivity index (χ4v) is 3.14. The Hall–Kier alpha value is -2.79. The Morgan fingerprint density at radius 3 is 2.07 bits per heavy atom. The number of benzene rings is 2. The van der Waals surface area contributed by atoms with E-state index in [4.69, 9.17) is 4.74 Å². The summed E-state index contributed by atoms with van der Waals surface area (Å²) in [7, 11) is -2.29. The molecular formula is C17H17F3N2O5S. The number of carbonyl (C=O) groups excluding carboxylic acids is 1. The van der Waals surface area contributed by atoms with Crippen LogP contribution in [0.2, 0.25) is 0 Å². The van der Waals surface area contributed by atoms with E-state index in [1.54, 1.807) is 0 Å². The zero-order chi connectivity index (χ0) is 20.8. The highest BCUT2D eigenvalue weighted by Gasteiger charge is 2.31. The van der Waals surface area contributed by atoms with Crippen molar-refractivity contribution in [3.63, 3.8) is 0 Å². The summed E-state index contributed by atoms with van der Waals surface area (Å²) in [5.41, 5.74) is 0.104. The number of rotatable bonds is 8. The molecule has 0 radical (unpaired) electrons. The molecule has 0 aromatic heterocycles. The van der Waals surface area contributed by atoms with Gasteiger partial charge in [-0.3, -0.25) is 4.79 Å². The molecule has 7 nitrogen and oxygen atoms in total. The lowest BCUT2D eigenvalue weighted by molar-refractivity contribution is -0.274. The van der Waals surface area contributed by atoms with Crippen LogP contribution >= 0.6 is 0 Å². The van der Waals surface area contributed by atoms with E-state index in [1.165, 1.54) is 31.4 Å². The van der Waals surface area contributed by atoms with Gasteiger partial charge in [-0.25, -0.2) is 13.1 Å². The van der Waals surface area contributed by atoms with E-state index in [9.17, 15) is 26.4 Å². The van der Waals surface area contributed by atoms with Crippen molar-refractivity contribution in [2.24, 2.45) is 0 Å². The molecule has 2 aromatic rings. The SMILES string of the molecule is COc1ccc(S(=O)(=O)NCCNC(=O)c2ccc(OC(F)(F)F)cc2)cc1. The minimum Gasteiger partial charge on any atom is -0.497 e. The van der Waals surface area contributed by atoms with E-state index in [-0.39, 0.29) is 23.5 Å². The number of ether oxygens (including phenoxy) is 2. The van der Waals surface area contributed by atoms with E-state index < -0.39 is 28.0 Å². The van der Waals surface area contributed by atoms with Crippen LogP contribution in [0.15, 0.2) is 53.4 Å². The number of amides is 1. The van der Waals surface area contributed by atoms with Crippen molar-refractivity contribution in [1.29, 1.82) is 0 Å². The zero-order valence-electron chi connectivity index (χ0n) is 14.6. The molecule has 152 valence electrons. The van der Waals surface area contributed by atoms with Gasteiger partial charge in [0, 0.05) is 18.7 Å². The Bertz CT molecular complexity index is 898. The molecule has 0 heterocycles. The Labute approximate surface area is 159 Å². The molecule has 0 aliphatic heterocycles. The molecule has 0 fully saturated rings. The highest BCUT2D eigenvalue weighted by atomic mass is 32.2. The molecule has 28 heavy (non-hydrogen) atoms. The molecule has 0 bridgehead atoms. The number of nitrogens with one attached hydrogen (secondary N) is 2. The summed E-state index contributed by atoms with van der Waals surface area (Å²) >= 11 is 0. The van der Waals surface area contributed by atoms with Crippen molar-refractivity contribution in [3.8, 4) is 11.5 Å². The van der Waals surface area contributed by atoms with E-state index >= 15 is 0 Å². The Balaban J connectivity index is 1.83. The fraction of sp³-hybridized carbons (Fsp3) is 0.235. The number of halogens is 3. The van der Waals surface area contributed by atoms with Gasteiger partial charge in [-0.05, 0) is 48.5 Å². The largest absolute Gasteiger partial charge is 0.573 e. The average Bonchev–Trinajstić information content (AvgIpc) is 2.64. The van der Waals surface area contributed by atoms with Crippen LogP contribution in [0.25, 0.3) is 0 Å². The maximum absolute atomic E-state index is 12.1. The molecule has 0 spiro atoms. The van der Waals surface area contributed by atoms with E-state index in [0.717, 1.165) is 24.3 Å².